The zero-order valence-corrected chi connectivity index (χ0v) is 9.29. The van der Waals surface area contributed by atoms with Gasteiger partial charge in [0.05, 0.1) is 5.92 Å². The number of halogens is 1. The van der Waals surface area contributed by atoms with Crippen LogP contribution in [0, 0.1) is 5.92 Å². The number of hydrogen-bond acceptors (Lipinski definition) is 2. The number of hydrogen-bond donors (Lipinski definition) is 1. The van der Waals surface area contributed by atoms with Crippen molar-refractivity contribution in [3.05, 3.63) is 11.1 Å². The van der Waals surface area contributed by atoms with Crippen molar-refractivity contribution < 1.29 is 9.90 Å². The third-order valence-electron chi connectivity index (χ3n) is 2.84. The normalized spacial score (nSPS) is 29.5. The molecule has 0 saturated carbocycles. The zero-order chi connectivity index (χ0) is 10.7. The fraction of sp³-hybridized carbons (Fsp3) is 0.700. The van der Waals surface area contributed by atoms with Crippen molar-refractivity contribution in [3.63, 3.8) is 0 Å². The van der Waals surface area contributed by atoms with E-state index >= 15 is 0 Å². The van der Waals surface area contributed by atoms with E-state index in [1.165, 1.54) is 0 Å². The van der Waals surface area contributed by atoms with Gasteiger partial charge in [0.25, 0.3) is 0 Å². The summed E-state index contributed by atoms with van der Waals surface area (Å²) in [6.45, 7) is 5.54. The van der Waals surface area contributed by atoms with Crippen molar-refractivity contribution in [1.82, 2.24) is 4.90 Å². The minimum absolute atomic E-state index is 0.110. The van der Waals surface area contributed by atoms with Gasteiger partial charge in [-0.25, -0.2) is 0 Å². The lowest BCUT2D eigenvalue weighted by Crippen LogP contribution is -2.33. The SMILES string of the molecule is CC(=CCl)CN1CCC(C(=O)O)C1C. The lowest BCUT2D eigenvalue weighted by Gasteiger charge is -2.22. The Bertz CT molecular complexity index is 253. The highest BCUT2D eigenvalue weighted by molar-refractivity contribution is 6.25. The summed E-state index contributed by atoms with van der Waals surface area (Å²) in [5, 5.41) is 8.93. The van der Waals surface area contributed by atoms with Crippen LogP contribution in [0.25, 0.3) is 0 Å². The van der Waals surface area contributed by atoms with Crippen LogP contribution in [0.3, 0.4) is 0 Å². The Morgan fingerprint density at radius 2 is 2.36 bits per heavy atom. The molecule has 1 saturated heterocycles. The number of nitrogens with zero attached hydrogens (tertiary/aromatic N) is 1. The first-order valence-electron chi connectivity index (χ1n) is 4.79. The van der Waals surface area contributed by atoms with Crippen LogP contribution < -0.4 is 0 Å². The van der Waals surface area contributed by atoms with Gasteiger partial charge in [-0.15, -0.1) is 0 Å². The van der Waals surface area contributed by atoms with E-state index in [0.717, 1.165) is 25.1 Å². The zero-order valence-electron chi connectivity index (χ0n) is 8.53. The second kappa shape index (κ2) is 4.80. The van der Waals surface area contributed by atoms with Crippen molar-refractivity contribution in [2.45, 2.75) is 26.3 Å². The van der Waals surface area contributed by atoms with Gasteiger partial charge in [-0.05, 0) is 32.4 Å². The average molecular weight is 218 g/mol. The van der Waals surface area contributed by atoms with E-state index in [0.29, 0.717) is 0 Å². The smallest absolute Gasteiger partial charge is 0.308 e. The number of rotatable bonds is 3. The van der Waals surface area contributed by atoms with Crippen molar-refractivity contribution in [3.8, 4) is 0 Å². The highest BCUT2D eigenvalue weighted by atomic mass is 35.5. The van der Waals surface area contributed by atoms with Gasteiger partial charge in [0.1, 0.15) is 0 Å². The van der Waals surface area contributed by atoms with Gasteiger partial charge in [-0.2, -0.15) is 0 Å². The van der Waals surface area contributed by atoms with Gasteiger partial charge in [-0.3, -0.25) is 9.69 Å². The summed E-state index contributed by atoms with van der Waals surface area (Å²) in [5.74, 6) is -0.911. The Morgan fingerprint density at radius 1 is 1.71 bits per heavy atom. The van der Waals surface area contributed by atoms with E-state index < -0.39 is 5.97 Å². The van der Waals surface area contributed by atoms with Gasteiger partial charge >= 0.3 is 5.97 Å². The molecule has 0 radical (unpaired) electrons. The van der Waals surface area contributed by atoms with E-state index in [4.69, 9.17) is 16.7 Å². The molecule has 3 nitrogen and oxygen atoms in total. The maximum atomic E-state index is 10.8. The summed E-state index contributed by atoms with van der Waals surface area (Å²) in [5.41, 5.74) is 2.63. The molecule has 0 bridgehead atoms. The lowest BCUT2D eigenvalue weighted by atomic mass is 10.0. The minimum Gasteiger partial charge on any atom is -0.481 e. The molecule has 0 aromatic rings. The summed E-state index contributed by atoms with van der Waals surface area (Å²) in [4.78, 5) is 13.0. The molecule has 2 unspecified atom stereocenters. The molecular weight excluding hydrogens is 202 g/mol. The molecule has 1 heterocycles. The van der Waals surface area contributed by atoms with Crippen LogP contribution in [0.5, 0.6) is 0 Å². The second-order valence-corrected chi connectivity index (χ2v) is 4.12. The molecule has 1 N–H and O–H groups in total. The quantitative estimate of drug-likeness (QED) is 0.786. The fourth-order valence-corrected chi connectivity index (χ4v) is 1.98. The minimum atomic E-state index is -0.687. The standard InChI is InChI=1S/C10H16ClNO2/c1-7(5-11)6-12-4-3-9(8(12)2)10(13)14/h5,8-9H,3-4,6H2,1-2H3,(H,13,14). The molecular formula is C10H16ClNO2. The number of carboxylic acid groups (broad SMARTS) is 1. The molecule has 1 fully saturated rings. The lowest BCUT2D eigenvalue weighted by molar-refractivity contribution is -0.142. The largest absolute Gasteiger partial charge is 0.481 e. The van der Waals surface area contributed by atoms with Crippen molar-refractivity contribution >= 4 is 17.6 Å². The van der Waals surface area contributed by atoms with Crippen molar-refractivity contribution in [2.24, 2.45) is 5.92 Å². The summed E-state index contributed by atoms with van der Waals surface area (Å²) >= 11 is 5.57. The Balaban J connectivity index is 2.55. The van der Waals surface area contributed by atoms with Crippen LogP contribution in [0.15, 0.2) is 11.1 Å². The third-order valence-corrected chi connectivity index (χ3v) is 3.21. The van der Waals surface area contributed by atoms with Crippen LogP contribution in [-0.4, -0.2) is 35.1 Å². The van der Waals surface area contributed by atoms with Crippen LogP contribution in [-0.2, 0) is 4.79 Å². The molecule has 2 atom stereocenters. The summed E-state index contributed by atoms with van der Waals surface area (Å²) in [6.07, 6.45) is 0.742. The molecule has 4 heteroatoms. The molecule has 0 aromatic heterocycles. The molecule has 1 aliphatic heterocycles. The van der Waals surface area contributed by atoms with E-state index in [1.807, 2.05) is 13.8 Å². The summed E-state index contributed by atoms with van der Waals surface area (Å²) < 4.78 is 0. The van der Waals surface area contributed by atoms with Gasteiger partial charge < -0.3 is 5.11 Å². The summed E-state index contributed by atoms with van der Waals surface area (Å²) in [7, 11) is 0. The molecule has 1 aliphatic rings. The van der Waals surface area contributed by atoms with E-state index in [2.05, 4.69) is 4.90 Å². The van der Waals surface area contributed by atoms with E-state index in [1.54, 1.807) is 5.54 Å². The first-order valence-corrected chi connectivity index (χ1v) is 5.22. The third kappa shape index (κ3) is 2.49. The fourth-order valence-electron chi connectivity index (χ4n) is 1.91. The first-order chi connectivity index (χ1) is 6.56. The van der Waals surface area contributed by atoms with Gasteiger partial charge in [0.2, 0.25) is 0 Å². The molecule has 0 aromatic carbocycles. The Hall–Kier alpha value is -0.540. The van der Waals surface area contributed by atoms with Gasteiger partial charge in [0, 0.05) is 18.1 Å². The molecule has 14 heavy (non-hydrogen) atoms. The first kappa shape index (κ1) is 11.5. The molecule has 0 amide bonds. The molecule has 0 spiro atoms. The average Bonchev–Trinajstić information content (AvgIpc) is 2.48. The molecule has 1 rings (SSSR count). The Kier molecular flexibility index (Phi) is 3.96. The van der Waals surface area contributed by atoms with E-state index in [9.17, 15) is 4.79 Å². The highest BCUT2D eigenvalue weighted by Gasteiger charge is 2.35. The number of carbonyl (C=O) groups is 1. The van der Waals surface area contributed by atoms with Crippen LogP contribution in [0.1, 0.15) is 20.3 Å². The topological polar surface area (TPSA) is 40.5 Å². The predicted molar refractivity (Wildman–Crippen MR) is 56.4 cm³/mol. The molecule has 80 valence electrons. The number of carboxylic acids is 1. The van der Waals surface area contributed by atoms with Crippen molar-refractivity contribution in [1.29, 1.82) is 0 Å². The van der Waals surface area contributed by atoms with Gasteiger partial charge in [-0.1, -0.05) is 11.6 Å². The number of likely N-dealkylation sites (tertiary alicyclic amines) is 1. The highest BCUT2D eigenvalue weighted by Crippen LogP contribution is 2.24. The van der Waals surface area contributed by atoms with Gasteiger partial charge in [0.15, 0.2) is 0 Å². The van der Waals surface area contributed by atoms with Crippen LogP contribution >= 0.6 is 11.6 Å². The van der Waals surface area contributed by atoms with Crippen molar-refractivity contribution in [2.75, 3.05) is 13.1 Å². The van der Waals surface area contributed by atoms with Crippen LogP contribution in [0.2, 0.25) is 0 Å². The maximum Gasteiger partial charge on any atom is 0.308 e. The Labute approximate surface area is 89.3 Å². The summed E-state index contributed by atoms with van der Waals surface area (Å²) in [6, 6.07) is 0.110. The molecule has 0 aliphatic carbocycles. The Morgan fingerprint density at radius 3 is 2.79 bits per heavy atom. The second-order valence-electron chi connectivity index (χ2n) is 3.90. The van der Waals surface area contributed by atoms with Crippen LogP contribution in [0.4, 0.5) is 0 Å². The maximum absolute atomic E-state index is 10.8. The predicted octanol–water partition coefficient (Wildman–Crippen LogP) is 1.92. The monoisotopic (exact) mass is 217 g/mol. The number of aliphatic carboxylic acids is 1. The van der Waals surface area contributed by atoms with E-state index in [-0.39, 0.29) is 12.0 Å².